The topological polar surface area (TPSA) is 95.9 Å². The number of hydrogen-bond acceptors (Lipinski definition) is 4. The van der Waals surface area contributed by atoms with Crippen LogP contribution in [0.3, 0.4) is 0 Å². The fraction of sp³-hybridized carbons (Fsp3) is 0.471. The zero-order valence-corrected chi connectivity index (χ0v) is 14.1. The molecule has 140 valence electrons. The average molecular weight is 368 g/mol. The number of amides is 2. The molecule has 1 saturated heterocycles. The maximum atomic E-state index is 14.4. The number of urea groups is 1. The van der Waals surface area contributed by atoms with E-state index in [1.165, 1.54) is 4.90 Å². The second-order valence-corrected chi connectivity index (χ2v) is 6.64. The second kappa shape index (κ2) is 6.54. The predicted molar refractivity (Wildman–Crippen MR) is 85.7 cm³/mol. The molecule has 2 amide bonds. The lowest BCUT2D eigenvalue weighted by Crippen LogP contribution is -2.38. The number of carbonyl (C=O) groups is 3. The van der Waals surface area contributed by atoms with Gasteiger partial charge in [-0.15, -0.1) is 0 Å². The number of nitrogens with zero attached hydrogens (tertiary/aromatic N) is 1. The van der Waals surface area contributed by atoms with Gasteiger partial charge in [0.2, 0.25) is 0 Å². The van der Waals surface area contributed by atoms with Crippen LogP contribution in [-0.4, -0.2) is 48.2 Å². The van der Waals surface area contributed by atoms with Crippen LogP contribution >= 0.6 is 0 Å². The number of anilines is 1. The van der Waals surface area contributed by atoms with E-state index in [1.807, 2.05) is 0 Å². The molecule has 0 spiro atoms. The highest BCUT2D eigenvalue weighted by Gasteiger charge is 2.55. The van der Waals surface area contributed by atoms with Crippen LogP contribution in [0.5, 0.6) is 0 Å². The van der Waals surface area contributed by atoms with E-state index in [1.54, 1.807) is 0 Å². The molecule has 2 aliphatic rings. The molecule has 1 saturated carbocycles. The molecule has 1 aromatic rings. The third-order valence-corrected chi connectivity index (χ3v) is 5.31. The molecule has 0 radical (unpaired) electrons. The lowest BCUT2D eigenvalue weighted by Gasteiger charge is -2.23. The molecule has 2 fully saturated rings. The Morgan fingerprint density at radius 1 is 1.35 bits per heavy atom. The zero-order chi connectivity index (χ0) is 19.1. The van der Waals surface area contributed by atoms with Gasteiger partial charge in [0.05, 0.1) is 18.2 Å². The first-order valence-corrected chi connectivity index (χ1v) is 8.16. The molecule has 1 aromatic carbocycles. The van der Waals surface area contributed by atoms with Crippen LogP contribution in [0.25, 0.3) is 0 Å². The molecule has 9 heteroatoms. The second-order valence-electron chi connectivity index (χ2n) is 6.64. The van der Waals surface area contributed by atoms with Crippen LogP contribution in [0.2, 0.25) is 0 Å². The Morgan fingerprint density at radius 2 is 2.08 bits per heavy atom. The number of halogens is 2. The minimum absolute atomic E-state index is 0.0332. The summed E-state index contributed by atoms with van der Waals surface area (Å²) in [5.74, 6) is -4.62. The number of likely N-dealkylation sites (tertiary alicyclic amines) is 1. The van der Waals surface area contributed by atoms with Crippen molar-refractivity contribution in [2.75, 3.05) is 25.5 Å². The Balaban J connectivity index is 1.80. The quantitative estimate of drug-likeness (QED) is 0.799. The Hall–Kier alpha value is -2.71. The van der Waals surface area contributed by atoms with E-state index >= 15 is 0 Å². The van der Waals surface area contributed by atoms with Crippen LogP contribution in [0.1, 0.15) is 29.6 Å². The number of rotatable bonds is 3. The Kier molecular flexibility index (Phi) is 4.55. The van der Waals surface area contributed by atoms with Gasteiger partial charge < -0.3 is 20.1 Å². The molecule has 7 nitrogen and oxygen atoms in total. The van der Waals surface area contributed by atoms with Crippen LogP contribution in [0.4, 0.5) is 19.3 Å². The van der Waals surface area contributed by atoms with Crippen LogP contribution in [-0.2, 0) is 9.53 Å². The van der Waals surface area contributed by atoms with Gasteiger partial charge >= 0.3 is 18.0 Å². The van der Waals surface area contributed by atoms with Crippen LogP contribution < -0.4 is 5.32 Å². The molecule has 3 rings (SSSR count). The lowest BCUT2D eigenvalue weighted by molar-refractivity contribution is -0.149. The fourth-order valence-electron chi connectivity index (χ4n) is 3.93. The summed E-state index contributed by atoms with van der Waals surface area (Å²) < 4.78 is 32.4. The van der Waals surface area contributed by atoms with Gasteiger partial charge in [-0.05, 0) is 30.9 Å². The Morgan fingerprint density at radius 3 is 2.69 bits per heavy atom. The van der Waals surface area contributed by atoms with E-state index in [9.17, 15) is 28.3 Å². The average Bonchev–Trinajstić information content (AvgIpc) is 3.15. The summed E-state index contributed by atoms with van der Waals surface area (Å²) >= 11 is 0. The van der Waals surface area contributed by atoms with Crippen molar-refractivity contribution in [3.63, 3.8) is 0 Å². The van der Waals surface area contributed by atoms with Gasteiger partial charge in [0.1, 0.15) is 11.4 Å². The number of carbonyl (C=O) groups excluding carboxylic acids is 2. The summed E-state index contributed by atoms with van der Waals surface area (Å²) in [6.45, 7) is 0.288. The number of carboxylic acid groups (broad SMARTS) is 1. The fourth-order valence-corrected chi connectivity index (χ4v) is 3.93. The van der Waals surface area contributed by atoms with Gasteiger partial charge in [0, 0.05) is 13.1 Å². The first kappa shape index (κ1) is 18.1. The number of nitrogens with one attached hydrogen (secondary N) is 1. The molecule has 0 unspecified atom stereocenters. The first-order chi connectivity index (χ1) is 12.3. The van der Waals surface area contributed by atoms with E-state index in [0.29, 0.717) is 12.8 Å². The standard InChI is InChI=1S/C17H18F2N2O5/c1-26-14(22)12-10(18)4-5-11(13(12)19)20-16(25)21-7-9-3-2-6-17(9,8-21)15(23)24/h4-5,9H,2-3,6-8H2,1H3,(H,20,25)(H,23,24)/t9-,17+/m0/s1. The molecule has 1 aliphatic carbocycles. The third-order valence-electron chi connectivity index (χ3n) is 5.31. The van der Waals surface area contributed by atoms with Gasteiger partial charge in [0.25, 0.3) is 0 Å². The van der Waals surface area contributed by atoms with E-state index in [4.69, 9.17) is 0 Å². The summed E-state index contributed by atoms with van der Waals surface area (Å²) in [6, 6.07) is 1.16. The number of aliphatic carboxylic acids is 1. The van der Waals surface area contributed by atoms with Gasteiger partial charge in [-0.3, -0.25) is 4.79 Å². The number of fused-ring (bicyclic) bond motifs is 1. The Bertz CT molecular complexity index is 785. The van der Waals surface area contributed by atoms with Crippen molar-refractivity contribution < 1.29 is 33.0 Å². The highest BCUT2D eigenvalue weighted by molar-refractivity contribution is 5.95. The number of esters is 1. The molecule has 26 heavy (non-hydrogen) atoms. The molecular formula is C17H18F2N2O5. The SMILES string of the molecule is COC(=O)c1c(F)ccc(NC(=O)N2C[C@@H]3CCC[C@@]3(C(=O)O)C2)c1F. The molecule has 2 atom stereocenters. The summed E-state index contributed by atoms with van der Waals surface area (Å²) in [6.07, 6.45) is 2.00. The van der Waals surface area contributed by atoms with Gasteiger partial charge in [0.15, 0.2) is 5.82 Å². The molecule has 0 aromatic heterocycles. The van der Waals surface area contributed by atoms with E-state index in [2.05, 4.69) is 10.1 Å². The smallest absolute Gasteiger partial charge is 0.343 e. The van der Waals surface area contributed by atoms with E-state index in [0.717, 1.165) is 25.7 Å². The summed E-state index contributed by atoms with van der Waals surface area (Å²) in [5.41, 5.74) is -2.24. The molecule has 0 bridgehead atoms. The number of ether oxygens (including phenoxy) is 1. The Labute approximate surface area is 147 Å². The largest absolute Gasteiger partial charge is 0.481 e. The number of benzene rings is 1. The molecule has 1 heterocycles. The zero-order valence-electron chi connectivity index (χ0n) is 14.1. The minimum Gasteiger partial charge on any atom is -0.481 e. The van der Waals surface area contributed by atoms with Crippen molar-refractivity contribution in [3.05, 3.63) is 29.3 Å². The van der Waals surface area contributed by atoms with E-state index in [-0.39, 0.29) is 24.7 Å². The molecule has 2 N–H and O–H groups in total. The molecule has 1 aliphatic heterocycles. The normalized spacial score (nSPS) is 24.3. The summed E-state index contributed by atoms with van der Waals surface area (Å²) in [5, 5.41) is 11.8. The van der Waals surface area contributed by atoms with Crippen molar-refractivity contribution in [2.45, 2.75) is 19.3 Å². The van der Waals surface area contributed by atoms with Crippen LogP contribution in [0, 0.1) is 23.0 Å². The monoisotopic (exact) mass is 368 g/mol. The van der Waals surface area contributed by atoms with E-state index < -0.39 is 40.6 Å². The minimum atomic E-state index is -1.24. The number of carboxylic acids is 1. The van der Waals surface area contributed by atoms with Crippen molar-refractivity contribution in [1.82, 2.24) is 4.90 Å². The van der Waals surface area contributed by atoms with Crippen molar-refractivity contribution >= 4 is 23.7 Å². The highest BCUT2D eigenvalue weighted by atomic mass is 19.1. The highest BCUT2D eigenvalue weighted by Crippen LogP contribution is 2.49. The third kappa shape index (κ3) is 2.77. The van der Waals surface area contributed by atoms with Gasteiger partial charge in [-0.1, -0.05) is 6.42 Å². The maximum Gasteiger partial charge on any atom is 0.343 e. The van der Waals surface area contributed by atoms with Gasteiger partial charge in [-0.2, -0.15) is 0 Å². The molecular weight excluding hydrogens is 350 g/mol. The van der Waals surface area contributed by atoms with Crippen LogP contribution in [0.15, 0.2) is 12.1 Å². The number of hydrogen-bond donors (Lipinski definition) is 2. The maximum absolute atomic E-state index is 14.4. The number of methoxy groups -OCH3 is 1. The van der Waals surface area contributed by atoms with Crippen molar-refractivity contribution in [1.29, 1.82) is 0 Å². The predicted octanol–water partition coefficient (Wildman–Crippen LogP) is 2.47. The summed E-state index contributed by atoms with van der Waals surface area (Å²) in [7, 11) is 0.987. The summed E-state index contributed by atoms with van der Waals surface area (Å²) in [4.78, 5) is 36.9. The lowest BCUT2D eigenvalue weighted by atomic mass is 9.81. The first-order valence-electron chi connectivity index (χ1n) is 8.16. The van der Waals surface area contributed by atoms with Crippen molar-refractivity contribution in [2.24, 2.45) is 11.3 Å². The van der Waals surface area contributed by atoms with Gasteiger partial charge in [-0.25, -0.2) is 18.4 Å². The van der Waals surface area contributed by atoms with Crippen molar-refractivity contribution in [3.8, 4) is 0 Å².